The quantitative estimate of drug-likeness (QED) is 0.132. The predicted molar refractivity (Wildman–Crippen MR) is 126 cm³/mol. The molecule has 1 aromatic rings. The van der Waals surface area contributed by atoms with Crippen LogP contribution in [0.1, 0.15) is 106 Å². The molecule has 0 aliphatic rings. The maximum Gasteiger partial charge on any atom is 0.341 e. The van der Waals surface area contributed by atoms with Crippen LogP contribution in [0.4, 0.5) is 0 Å². The minimum absolute atomic E-state index is 0.305. The average Bonchev–Trinajstić information content (AvgIpc) is 2.71. The monoisotopic (exact) mass is 502 g/mol. The Morgan fingerprint density at radius 3 is 1.79 bits per heavy atom. The Morgan fingerprint density at radius 1 is 0.821 bits per heavy atom. The number of carbonyl (C=O) groups excluding carboxylic acids is 1. The molecule has 0 fully saturated rings. The lowest BCUT2D eigenvalue weighted by Gasteiger charge is -2.14. The number of benzene rings is 1. The lowest BCUT2D eigenvalue weighted by molar-refractivity contribution is 0.0595. The Labute approximate surface area is 186 Å². The number of rotatable bonds is 16. The van der Waals surface area contributed by atoms with Crippen LogP contribution in [0.15, 0.2) is 12.1 Å². The van der Waals surface area contributed by atoms with Crippen LogP contribution in [0, 0.1) is 3.57 Å². The molecule has 0 spiro atoms. The Morgan fingerprint density at radius 2 is 1.32 bits per heavy atom. The molecule has 0 saturated heterocycles. The molecule has 0 aliphatic heterocycles. The third-order valence-corrected chi connectivity index (χ3v) is 6.37. The maximum absolute atomic E-state index is 12.2. The van der Waals surface area contributed by atoms with Crippen molar-refractivity contribution in [2.75, 3.05) is 14.2 Å². The summed E-state index contributed by atoms with van der Waals surface area (Å²) in [6.07, 6.45) is 18.4. The van der Waals surface area contributed by atoms with Crippen molar-refractivity contribution in [1.29, 1.82) is 0 Å². The van der Waals surface area contributed by atoms with E-state index < -0.39 is 0 Å². The fourth-order valence-electron chi connectivity index (χ4n) is 3.66. The Balaban J connectivity index is 2.22. The topological polar surface area (TPSA) is 35.5 Å². The van der Waals surface area contributed by atoms with Crippen molar-refractivity contribution >= 4 is 28.6 Å². The van der Waals surface area contributed by atoms with Crippen molar-refractivity contribution < 1.29 is 14.3 Å². The van der Waals surface area contributed by atoms with Gasteiger partial charge in [-0.25, -0.2) is 4.79 Å². The molecule has 0 radical (unpaired) electrons. The van der Waals surface area contributed by atoms with Crippen molar-refractivity contribution in [3.8, 4) is 5.75 Å². The molecule has 3 nitrogen and oxygen atoms in total. The van der Waals surface area contributed by atoms with Crippen LogP contribution in [0.25, 0.3) is 0 Å². The number of unbranched alkanes of at least 4 members (excludes halogenated alkanes) is 12. The Hall–Kier alpha value is -0.780. The molecule has 0 amide bonds. The second-order valence-corrected chi connectivity index (χ2v) is 8.75. The van der Waals surface area contributed by atoms with E-state index in [0.29, 0.717) is 11.3 Å². The van der Waals surface area contributed by atoms with E-state index in [9.17, 15) is 4.79 Å². The van der Waals surface area contributed by atoms with E-state index in [2.05, 4.69) is 29.5 Å². The molecule has 0 atom stereocenters. The summed E-state index contributed by atoms with van der Waals surface area (Å²) >= 11 is 2.30. The number of hydrogen-bond donors (Lipinski definition) is 0. The first kappa shape index (κ1) is 25.3. The van der Waals surface area contributed by atoms with E-state index >= 15 is 0 Å². The maximum atomic E-state index is 12.2. The van der Waals surface area contributed by atoms with Gasteiger partial charge >= 0.3 is 5.97 Å². The van der Waals surface area contributed by atoms with Gasteiger partial charge in [-0.15, -0.1) is 0 Å². The largest absolute Gasteiger partial charge is 0.496 e. The number of esters is 1. The third kappa shape index (κ3) is 9.62. The van der Waals surface area contributed by atoms with Gasteiger partial charge in [0, 0.05) is 3.57 Å². The summed E-state index contributed by atoms with van der Waals surface area (Å²) in [4.78, 5) is 12.2. The number of carbonyl (C=O) groups is 1. The van der Waals surface area contributed by atoms with Crippen molar-refractivity contribution in [3.05, 3.63) is 26.8 Å². The first-order chi connectivity index (χ1) is 13.7. The van der Waals surface area contributed by atoms with Crippen LogP contribution in [0.2, 0.25) is 0 Å². The summed E-state index contributed by atoms with van der Waals surface area (Å²) in [5, 5.41) is 0. The molecule has 0 aromatic heterocycles. The van der Waals surface area contributed by atoms with Crippen LogP contribution in [0.3, 0.4) is 0 Å². The molecule has 0 saturated carbocycles. The van der Waals surface area contributed by atoms with Crippen LogP contribution in [0.5, 0.6) is 5.75 Å². The van der Waals surface area contributed by atoms with Gasteiger partial charge in [-0.1, -0.05) is 84.0 Å². The molecule has 4 heteroatoms. The van der Waals surface area contributed by atoms with E-state index in [-0.39, 0.29) is 5.97 Å². The zero-order valence-electron chi connectivity index (χ0n) is 18.2. The number of ether oxygens (including phenoxy) is 2. The summed E-state index contributed by atoms with van der Waals surface area (Å²) < 4.78 is 11.5. The highest BCUT2D eigenvalue weighted by atomic mass is 127. The number of methoxy groups -OCH3 is 2. The highest BCUT2D eigenvalue weighted by molar-refractivity contribution is 14.1. The molecule has 28 heavy (non-hydrogen) atoms. The number of hydrogen-bond acceptors (Lipinski definition) is 3. The molecule has 1 aromatic carbocycles. The van der Waals surface area contributed by atoms with Crippen LogP contribution < -0.4 is 4.74 Å². The van der Waals surface area contributed by atoms with E-state index in [1.807, 2.05) is 12.1 Å². The fraction of sp³-hybridized carbons (Fsp3) is 0.708. The third-order valence-electron chi connectivity index (χ3n) is 5.36. The van der Waals surface area contributed by atoms with Gasteiger partial charge in [0.15, 0.2) is 0 Å². The zero-order chi connectivity index (χ0) is 20.6. The van der Waals surface area contributed by atoms with Gasteiger partial charge in [0.1, 0.15) is 11.3 Å². The standard InChI is InChI=1S/C24H39IO3/c1-4-5-6-7-8-9-10-11-12-13-14-15-16-17-20-21(25)18-19-22(27-2)23(20)24(26)28-3/h18-19H,4-17H2,1-3H3. The minimum atomic E-state index is -0.305. The van der Waals surface area contributed by atoms with Crippen LogP contribution in [-0.2, 0) is 11.2 Å². The first-order valence-corrected chi connectivity index (χ1v) is 12.2. The van der Waals surface area contributed by atoms with E-state index in [1.165, 1.54) is 84.2 Å². The molecule has 0 heterocycles. The SMILES string of the molecule is CCCCCCCCCCCCCCCc1c(I)ccc(OC)c1C(=O)OC. The molecule has 0 bridgehead atoms. The van der Waals surface area contributed by atoms with Gasteiger partial charge in [0.05, 0.1) is 14.2 Å². The lowest BCUT2D eigenvalue weighted by atomic mass is 9.99. The lowest BCUT2D eigenvalue weighted by Crippen LogP contribution is -2.10. The van der Waals surface area contributed by atoms with Gasteiger partial charge < -0.3 is 9.47 Å². The van der Waals surface area contributed by atoms with Gasteiger partial charge in [-0.3, -0.25) is 0 Å². The van der Waals surface area contributed by atoms with E-state index in [4.69, 9.17) is 9.47 Å². The minimum Gasteiger partial charge on any atom is -0.496 e. The smallest absolute Gasteiger partial charge is 0.341 e. The highest BCUT2D eigenvalue weighted by Gasteiger charge is 2.20. The van der Waals surface area contributed by atoms with Crippen molar-refractivity contribution in [2.45, 2.75) is 96.8 Å². The molecular formula is C24H39IO3. The molecular weight excluding hydrogens is 463 g/mol. The van der Waals surface area contributed by atoms with Crippen molar-refractivity contribution in [2.24, 2.45) is 0 Å². The van der Waals surface area contributed by atoms with Gasteiger partial charge in [0.2, 0.25) is 0 Å². The van der Waals surface area contributed by atoms with E-state index in [0.717, 1.165) is 22.0 Å². The molecule has 1 rings (SSSR count). The second-order valence-electron chi connectivity index (χ2n) is 7.59. The summed E-state index contributed by atoms with van der Waals surface area (Å²) in [5.74, 6) is 0.303. The zero-order valence-corrected chi connectivity index (χ0v) is 20.3. The summed E-state index contributed by atoms with van der Waals surface area (Å²) in [6.45, 7) is 2.27. The van der Waals surface area contributed by atoms with Crippen molar-refractivity contribution in [3.63, 3.8) is 0 Å². The van der Waals surface area contributed by atoms with Crippen LogP contribution in [-0.4, -0.2) is 20.2 Å². The summed E-state index contributed by atoms with van der Waals surface area (Å²) in [5.41, 5.74) is 1.66. The second kappa shape index (κ2) is 16.1. The molecule has 0 N–H and O–H groups in total. The number of halogens is 1. The average molecular weight is 502 g/mol. The fourth-order valence-corrected chi connectivity index (χ4v) is 4.38. The predicted octanol–water partition coefficient (Wildman–Crippen LogP) is 7.72. The molecule has 0 aliphatic carbocycles. The van der Waals surface area contributed by atoms with Gasteiger partial charge in [0.25, 0.3) is 0 Å². The van der Waals surface area contributed by atoms with Gasteiger partial charge in [-0.05, 0) is 53.1 Å². The summed E-state index contributed by atoms with van der Waals surface area (Å²) in [7, 11) is 3.03. The molecule has 160 valence electrons. The Kier molecular flexibility index (Phi) is 14.5. The Bertz CT molecular complexity index is 557. The normalized spacial score (nSPS) is 10.9. The van der Waals surface area contributed by atoms with E-state index in [1.54, 1.807) is 7.11 Å². The summed E-state index contributed by atoms with van der Waals surface area (Å²) in [6, 6.07) is 3.87. The van der Waals surface area contributed by atoms with Gasteiger partial charge in [-0.2, -0.15) is 0 Å². The van der Waals surface area contributed by atoms with Crippen LogP contribution >= 0.6 is 22.6 Å². The molecule has 0 unspecified atom stereocenters. The van der Waals surface area contributed by atoms with Crippen molar-refractivity contribution in [1.82, 2.24) is 0 Å². The highest BCUT2D eigenvalue weighted by Crippen LogP contribution is 2.29. The first-order valence-electron chi connectivity index (χ1n) is 11.1.